The summed E-state index contributed by atoms with van der Waals surface area (Å²) in [4.78, 5) is 4.44. The monoisotopic (exact) mass is 346 g/mol. The Hall–Kier alpha value is -0.650. The lowest BCUT2D eigenvalue weighted by molar-refractivity contribution is -0.0590. The molecular formula is C13H13BrClFN2O. The van der Waals surface area contributed by atoms with Crippen LogP contribution in [0.4, 0.5) is 4.39 Å². The van der Waals surface area contributed by atoms with Crippen molar-refractivity contribution in [3.63, 3.8) is 0 Å². The molecule has 0 amide bonds. The molecule has 1 aliphatic rings. The van der Waals surface area contributed by atoms with Gasteiger partial charge in [0.2, 0.25) is 0 Å². The number of imidazole rings is 1. The van der Waals surface area contributed by atoms with E-state index in [9.17, 15) is 4.39 Å². The van der Waals surface area contributed by atoms with Crippen molar-refractivity contribution in [3.8, 4) is 0 Å². The number of hydrogen-bond donors (Lipinski definition) is 0. The molecule has 0 N–H and O–H groups in total. The molecule has 2 atom stereocenters. The highest BCUT2D eigenvalue weighted by molar-refractivity contribution is 9.10. The molecule has 1 unspecified atom stereocenters. The third kappa shape index (κ3) is 2.28. The number of rotatable bonds is 3. The van der Waals surface area contributed by atoms with Crippen molar-refractivity contribution in [1.82, 2.24) is 9.55 Å². The molecule has 3 rings (SSSR count). The van der Waals surface area contributed by atoms with E-state index in [0.29, 0.717) is 27.9 Å². The van der Waals surface area contributed by atoms with E-state index in [-0.39, 0.29) is 17.3 Å². The first kappa shape index (κ1) is 13.3. The van der Waals surface area contributed by atoms with E-state index >= 15 is 0 Å². The summed E-state index contributed by atoms with van der Waals surface area (Å²) in [7, 11) is 0. The average Bonchev–Trinajstić information content (AvgIpc) is 2.68. The smallest absolute Gasteiger partial charge is 0.163 e. The first-order valence-electron chi connectivity index (χ1n) is 6.17. The molecule has 2 aromatic rings. The van der Waals surface area contributed by atoms with Gasteiger partial charge in [0.1, 0.15) is 11.3 Å². The van der Waals surface area contributed by atoms with Crippen LogP contribution in [-0.2, 0) is 11.3 Å². The van der Waals surface area contributed by atoms with Crippen LogP contribution in [0.1, 0.15) is 24.5 Å². The normalized spacial score (nSPS) is 20.5. The van der Waals surface area contributed by atoms with Crippen LogP contribution in [0.3, 0.4) is 0 Å². The second-order valence-electron chi connectivity index (χ2n) is 4.71. The first-order chi connectivity index (χ1) is 9.08. The molecule has 0 radical (unpaired) electrons. The molecule has 3 nitrogen and oxygen atoms in total. The maximum absolute atomic E-state index is 14.3. The van der Waals surface area contributed by atoms with Gasteiger partial charge in [-0.25, -0.2) is 9.37 Å². The van der Waals surface area contributed by atoms with Gasteiger partial charge in [0.05, 0.1) is 28.0 Å². The Morgan fingerprint density at radius 3 is 2.95 bits per heavy atom. The summed E-state index contributed by atoms with van der Waals surface area (Å²) in [6.45, 7) is 3.21. The van der Waals surface area contributed by atoms with E-state index in [1.807, 2.05) is 11.5 Å². The van der Waals surface area contributed by atoms with Crippen molar-refractivity contribution in [2.45, 2.75) is 31.4 Å². The SMILES string of the molecule is CC(Cl)c1nc2ccc(Br)c(F)c2n1C[C@@H]1CCO1. The van der Waals surface area contributed by atoms with Crippen molar-refractivity contribution in [3.05, 3.63) is 28.2 Å². The molecule has 1 aromatic carbocycles. The minimum atomic E-state index is -0.298. The number of benzene rings is 1. The van der Waals surface area contributed by atoms with Crippen molar-refractivity contribution in [2.24, 2.45) is 0 Å². The maximum atomic E-state index is 14.3. The van der Waals surface area contributed by atoms with Crippen LogP contribution < -0.4 is 0 Å². The van der Waals surface area contributed by atoms with Crippen LogP contribution in [0.5, 0.6) is 0 Å². The Morgan fingerprint density at radius 2 is 2.37 bits per heavy atom. The van der Waals surface area contributed by atoms with Crippen molar-refractivity contribution in [2.75, 3.05) is 6.61 Å². The van der Waals surface area contributed by atoms with Gasteiger partial charge in [-0.15, -0.1) is 11.6 Å². The molecule has 2 heterocycles. The summed E-state index contributed by atoms with van der Waals surface area (Å²) in [5, 5.41) is -0.273. The lowest BCUT2D eigenvalue weighted by atomic mass is 10.2. The molecule has 0 bridgehead atoms. The lowest BCUT2D eigenvalue weighted by Gasteiger charge is -2.27. The fourth-order valence-corrected chi connectivity index (χ4v) is 2.78. The van der Waals surface area contributed by atoms with Gasteiger partial charge in [-0.3, -0.25) is 0 Å². The summed E-state index contributed by atoms with van der Waals surface area (Å²) in [6.07, 6.45) is 1.12. The molecule has 19 heavy (non-hydrogen) atoms. The summed E-state index contributed by atoms with van der Waals surface area (Å²) in [5.74, 6) is 0.386. The van der Waals surface area contributed by atoms with E-state index in [1.54, 1.807) is 12.1 Å². The Kier molecular flexibility index (Phi) is 3.53. The molecule has 0 aliphatic carbocycles. The standard InChI is InChI=1S/C13H13BrClFN2O/c1-7(15)13-17-10-3-2-9(14)11(16)12(10)18(13)6-8-4-5-19-8/h2-3,7-8H,4-6H2,1H3/t7?,8-/m0/s1. The van der Waals surface area contributed by atoms with E-state index < -0.39 is 0 Å². The van der Waals surface area contributed by atoms with Gasteiger partial charge in [-0.05, 0) is 41.4 Å². The van der Waals surface area contributed by atoms with Gasteiger partial charge in [-0.2, -0.15) is 0 Å². The zero-order valence-electron chi connectivity index (χ0n) is 10.4. The summed E-state index contributed by atoms with van der Waals surface area (Å²) < 4.78 is 22.0. The van der Waals surface area contributed by atoms with Gasteiger partial charge in [0.15, 0.2) is 5.82 Å². The van der Waals surface area contributed by atoms with E-state index in [0.717, 1.165) is 13.0 Å². The molecule has 1 aliphatic heterocycles. The Morgan fingerprint density at radius 1 is 1.63 bits per heavy atom. The van der Waals surface area contributed by atoms with Crippen molar-refractivity contribution >= 4 is 38.6 Å². The quantitative estimate of drug-likeness (QED) is 0.784. The lowest BCUT2D eigenvalue weighted by Crippen LogP contribution is -2.32. The van der Waals surface area contributed by atoms with Gasteiger partial charge < -0.3 is 9.30 Å². The molecule has 1 saturated heterocycles. The number of fused-ring (bicyclic) bond motifs is 1. The predicted molar refractivity (Wildman–Crippen MR) is 76.0 cm³/mol. The van der Waals surface area contributed by atoms with Crippen LogP contribution in [-0.4, -0.2) is 22.3 Å². The molecule has 1 fully saturated rings. The van der Waals surface area contributed by atoms with Crippen LogP contribution in [0.25, 0.3) is 11.0 Å². The highest BCUT2D eigenvalue weighted by atomic mass is 79.9. The van der Waals surface area contributed by atoms with Crippen LogP contribution >= 0.6 is 27.5 Å². The highest BCUT2D eigenvalue weighted by Gasteiger charge is 2.25. The summed E-state index contributed by atoms with van der Waals surface area (Å²) in [6, 6.07) is 3.46. The third-order valence-corrected chi connectivity index (χ3v) is 4.17. The largest absolute Gasteiger partial charge is 0.376 e. The van der Waals surface area contributed by atoms with Crippen molar-refractivity contribution < 1.29 is 9.13 Å². The van der Waals surface area contributed by atoms with E-state index in [1.165, 1.54) is 0 Å². The fraction of sp³-hybridized carbons (Fsp3) is 0.462. The predicted octanol–water partition coefficient (Wildman–Crippen LogP) is 4.03. The molecule has 1 aromatic heterocycles. The third-order valence-electron chi connectivity index (χ3n) is 3.36. The van der Waals surface area contributed by atoms with Crippen molar-refractivity contribution in [1.29, 1.82) is 0 Å². The van der Waals surface area contributed by atoms with Gasteiger partial charge in [-0.1, -0.05) is 0 Å². The van der Waals surface area contributed by atoms with E-state index in [4.69, 9.17) is 16.3 Å². The molecule has 0 spiro atoms. The first-order valence-corrected chi connectivity index (χ1v) is 7.40. The minimum absolute atomic E-state index is 0.130. The molecular weight excluding hydrogens is 335 g/mol. The van der Waals surface area contributed by atoms with Gasteiger partial charge in [0, 0.05) is 6.61 Å². The van der Waals surface area contributed by atoms with Crippen LogP contribution in [0, 0.1) is 5.82 Å². The zero-order chi connectivity index (χ0) is 13.6. The van der Waals surface area contributed by atoms with Crippen LogP contribution in [0.2, 0.25) is 0 Å². The number of nitrogens with zero attached hydrogens (tertiary/aromatic N) is 2. The second-order valence-corrected chi connectivity index (χ2v) is 6.22. The van der Waals surface area contributed by atoms with Gasteiger partial charge in [0.25, 0.3) is 0 Å². The minimum Gasteiger partial charge on any atom is -0.376 e. The number of aromatic nitrogens is 2. The summed E-state index contributed by atoms with van der Waals surface area (Å²) in [5.41, 5.74) is 1.12. The zero-order valence-corrected chi connectivity index (χ0v) is 12.7. The second kappa shape index (κ2) is 5.04. The maximum Gasteiger partial charge on any atom is 0.163 e. The number of ether oxygens (including phenoxy) is 1. The fourth-order valence-electron chi connectivity index (χ4n) is 2.30. The van der Waals surface area contributed by atoms with E-state index in [2.05, 4.69) is 20.9 Å². The summed E-state index contributed by atoms with van der Waals surface area (Å²) >= 11 is 9.37. The topological polar surface area (TPSA) is 27.1 Å². The Bertz CT molecular complexity index is 625. The highest BCUT2D eigenvalue weighted by Crippen LogP contribution is 2.31. The molecule has 6 heteroatoms. The number of hydrogen-bond acceptors (Lipinski definition) is 2. The Balaban J connectivity index is 2.17. The number of alkyl halides is 1. The Labute approximate surface area is 123 Å². The average molecular weight is 348 g/mol. The molecule has 0 saturated carbocycles. The number of halogens is 3. The van der Waals surface area contributed by atoms with Crippen LogP contribution in [0.15, 0.2) is 16.6 Å². The van der Waals surface area contributed by atoms with Gasteiger partial charge >= 0.3 is 0 Å². The molecule has 102 valence electrons.